The van der Waals surface area contributed by atoms with E-state index in [-0.39, 0.29) is 17.9 Å². The van der Waals surface area contributed by atoms with Crippen molar-refractivity contribution in [3.8, 4) is 0 Å². The van der Waals surface area contributed by atoms with Gasteiger partial charge in [0, 0.05) is 29.0 Å². The number of amides is 2. The molecule has 1 heterocycles. The van der Waals surface area contributed by atoms with Gasteiger partial charge in [0.25, 0.3) is 5.91 Å². The topological polar surface area (TPSA) is 61.8 Å². The predicted molar refractivity (Wildman–Crippen MR) is 116 cm³/mol. The summed E-state index contributed by atoms with van der Waals surface area (Å²) < 4.78 is 14.5. The van der Waals surface area contributed by atoms with Crippen molar-refractivity contribution in [2.24, 2.45) is 10.5 Å². The van der Waals surface area contributed by atoms with E-state index >= 15 is 0 Å². The average molecular weight is 430 g/mol. The van der Waals surface area contributed by atoms with Crippen molar-refractivity contribution in [3.63, 3.8) is 0 Å². The molecule has 0 aromatic heterocycles. The number of carbonyl (C=O) groups excluding carboxylic acids is 2. The third-order valence-electron chi connectivity index (χ3n) is 4.74. The zero-order chi connectivity index (χ0) is 21.9. The van der Waals surface area contributed by atoms with Crippen LogP contribution in [-0.4, -0.2) is 29.1 Å². The highest BCUT2D eigenvalue weighted by Crippen LogP contribution is 2.35. The van der Waals surface area contributed by atoms with Crippen LogP contribution in [0.25, 0.3) is 0 Å². The fourth-order valence-corrected chi connectivity index (χ4v) is 3.63. The molecule has 2 amide bonds. The van der Waals surface area contributed by atoms with Crippen molar-refractivity contribution >= 4 is 29.1 Å². The number of halogens is 2. The van der Waals surface area contributed by atoms with Crippen LogP contribution in [0.2, 0.25) is 5.02 Å². The molecule has 1 unspecified atom stereocenters. The molecule has 1 atom stereocenters. The van der Waals surface area contributed by atoms with Gasteiger partial charge in [-0.25, -0.2) is 9.40 Å². The molecule has 7 heteroatoms. The predicted octanol–water partition coefficient (Wildman–Crippen LogP) is 4.71. The summed E-state index contributed by atoms with van der Waals surface area (Å²) >= 11 is 6.31. The van der Waals surface area contributed by atoms with Crippen LogP contribution in [0.15, 0.2) is 53.6 Å². The molecule has 0 fully saturated rings. The zero-order valence-electron chi connectivity index (χ0n) is 17.3. The molecule has 0 radical (unpaired) electrons. The molecule has 0 aliphatic carbocycles. The highest BCUT2D eigenvalue weighted by Gasteiger charge is 2.35. The number of nitrogens with zero attached hydrogens (tertiary/aromatic N) is 2. The van der Waals surface area contributed by atoms with E-state index in [1.54, 1.807) is 24.3 Å². The molecule has 5 nitrogen and oxygen atoms in total. The van der Waals surface area contributed by atoms with Gasteiger partial charge in [-0.3, -0.25) is 9.59 Å². The third kappa shape index (κ3) is 5.25. The van der Waals surface area contributed by atoms with Gasteiger partial charge >= 0.3 is 0 Å². The molecule has 2 aromatic carbocycles. The first-order chi connectivity index (χ1) is 14.2. The molecular formula is C23H25ClFN3O2. The number of hydrogen-bond donors (Lipinski definition) is 1. The minimum atomic E-state index is -0.607. The molecular weight excluding hydrogens is 405 g/mol. The molecule has 3 rings (SSSR count). The van der Waals surface area contributed by atoms with Crippen molar-refractivity contribution in [2.75, 3.05) is 6.54 Å². The lowest BCUT2D eigenvalue weighted by Crippen LogP contribution is -2.39. The second-order valence-corrected chi connectivity index (χ2v) is 8.93. The number of nitrogens with one attached hydrogen (secondary N) is 1. The van der Waals surface area contributed by atoms with Gasteiger partial charge in [-0.1, -0.05) is 68.8 Å². The van der Waals surface area contributed by atoms with E-state index in [9.17, 15) is 14.0 Å². The maximum atomic E-state index is 14.5. The Kier molecular flexibility index (Phi) is 6.56. The minimum Gasteiger partial charge on any atom is -0.347 e. The second kappa shape index (κ2) is 8.96. The number of rotatable bonds is 5. The highest BCUT2D eigenvalue weighted by molar-refractivity contribution is 6.34. The van der Waals surface area contributed by atoms with Crippen LogP contribution in [-0.2, 0) is 9.59 Å². The molecule has 1 aliphatic heterocycles. The van der Waals surface area contributed by atoms with E-state index in [2.05, 4.69) is 10.4 Å². The standard InChI is InChI=1S/C23H25ClFN3O2/c1-23(2,3)13-21(29)26-14-22(30)28-20(16-9-5-7-11-18(16)25)12-19(27-28)15-8-4-6-10-17(15)24/h4-11,20H,12-14H2,1-3H3,(H,26,29). The summed E-state index contributed by atoms with van der Waals surface area (Å²) in [6, 6.07) is 12.9. The quantitative estimate of drug-likeness (QED) is 0.748. The normalized spacial score (nSPS) is 16.4. The van der Waals surface area contributed by atoms with Crippen molar-refractivity contribution in [1.82, 2.24) is 10.3 Å². The summed E-state index contributed by atoms with van der Waals surface area (Å²) in [5.41, 5.74) is 1.49. The largest absolute Gasteiger partial charge is 0.347 e. The number of hydrogen-bond acceptors (Lipinski definition) is 3. The summed E-state index contributed by atoms with van der Waals surface area (Å²) in [6.45, 7) is 5.63. The number of carbonyl (C=O) groups is 2. The van der Waals surface area contributed by atoms with Crippen LogP contribution in [0.3, 0.4) is 0 Å². The molecule has 1 N–H and O–H groups in total. The molecule has 30 heavy (non-hydrogen) atoms. The van der Waals surface area contributed by atoms with Crippen molar-refractivity contribution in [2.45, 2.75) is 39.7 Å². The van der Waals surface area contributed by atoms with Crippen LogP contribution in [0.5, 0.6) is 0 Å². The third-order valence-corrected chi connectivity index (χ3v) is 5.07. The average Bonchev–Trinajstić information content (AvgIpc) is 3.10. The monoisotopic (exact) mass is 429 g/mol. The van der Waals surface area contributed by atoms with Crippen LogP contribution in [0, 0.1) is 11.2 Å². The van der Waals surface area contributed by atoms with Gasteiger partial charge in [0.05, 0.1) is 18.3 Å². The Labute approximate surface area is 180 Å². The maximum Gasteiger partial charge on any atom is 0.262 e. The second-order valence-electron chi connectivity index (χ2n) is 8.52. The van der Waals surface area contributed by atoms with Gasteiger partial charge in [-0.15, -0.1) is 0 Å². The molecule has 0 spiro atoms. The lowest BCUT2D eigenvalue weighted by Gasteiger charge is -2.23. The van der Waals surface area contributed by atoms with Crippen LogP contribution in [0.4, 0.5) is 4.39 Å². The maximum absolute atomic E-state index is 14.5. The molecule has 2 aromatic rings. The Balaban J connectivity index is 1.85. The summed E-state index contributed by atoms with van der Waals surface area (Å²) in [4.78, 5) is 25.0. The van der Waals surface area contributed by atoms with Gasteiger partial charge in [0.15, 0.2) is 0 Å². The summed E-state index contributed by atoms with van der Waals surface area (Å²) in [6.07, 6.45) is 0.623. The Morgan fingerprint density at radius 3 is 2.50 bits per heavy atom. The lowest BCUT2D eigenvalue weighted by atomic mass is 9.92. The fraction of sp³-hybridized carbons (Fsp3) is 0.348. The van der Waals surface area contributed by atoms with Gasteiger partial charge in [0.1, 0.15) is 5.82 Å². The van der Waals surface area contributed by atoms with Crippen molar-refractivity contribution < 1.29 is 14.0 Å². The Hall–Kier alpha value is -2.73. The smallest absolute Gasteiger partial charge is 0.262 e. The zero-order valence-corrected chi connectivity index (χ0v) is 18.0. The molecule has 0 saturated carbocycles. The first-order valence-corrected chi connectivity index (χ1v) is 10.2. The van der Waals surface area contributed by atoms with E-state index in [0.29, 0.717) is 34.7 Å². The molecule has 0 bridgehead atoms. The first-order valence-electron chi connectivity index (χ1n) is 9.81. The van der Waals surface area contributed by atoms with E-state index < -0.39 is 17.8 Å². The van der Waals surface area contributed by atoms with Crippen LogP contribution >= 0.6 is 11.6 Å². The molecule has 158 valence electrons. The Morgan fingerprint density at radius 2 is 1.83 bits per heavy atom. The SMILES string of the molecule is CC(C)(C)CC(=O)NCC(=O)N1N=C(c2ccccc2Cl)CC1c1ccccc1F. The van der Waals surface area contributed by atoms with Crippen LogP contribution in [0.1, 0.15) is 50.8 Å². The Morgan fingerprint density at radius 1 is 1.17 bits per heavy atom. The molecule has 1 aliphatic rings. The van der Waals surface area contributed by atoms with Gasteiger partial charge in [-0.05, 0) is 17.5 Å². The molecule has 0 saturated heterocycles. The lowest BCUT2D eigenvalue weighted by molar-refractivity contribution is -0.134. The van der Waals surface area contributed by atoms with Gasteiger partial charge in [0.2, 0.25) is 5.91 Å². The Bertz CT molecular complexity index is 984. The fourth-order valence-electron chi connectivity index (χ4n) is 3.39. The minimum absolute atomic E-state index is 0.189. The van der Waals surface area contributed by atoms with Gasteiger partial charge in [-0.2, -0.15) is 5.10 Å². The first kappa shape index (κ1) is 22.0. The van der Waals surface area contributed by atoms with Gasteiger partial charge < -0.3 is 5.32 Å². The summed E-state index contributed by atoms with van der Waals surface area (Å²) in [5.74, 6) is -1.03. The number of benzene rings is 2. The van der Waals surface area contributed by atoms with E-state index in [1.807, 2.05) is 39.0 Å². The van der Waals surface area contributed by atoms with E-state index in [4.69, 9.17) is 11.6 Å². The van der Waals surface area contributed by atoms with Crippen LogP contribution < -0.4 is 5.32 Å². The summed E-state index contributed by atoms with van der Waals surface area (Å²) in [5, 5.41) is 8.89. The van der Waals surface area contributed by atoms with Crippen molar-refractivity contribution in [3.05, 3.63) is 70.5 Å². The number of hydrazone groups is 1. The van der Waals surface area contributed by atoms with Crippen molar-refractivity contribution in [1.29, 1.82) is 0 Å². The summed E-state index contributed by atoms with van der Waals surface area (Å²) in [7, 11) is 0. The van der Waals surface area contributed by atoms with E-state index in [1.165, 1.54) is 11.1 Å². The highest BCUT2D eigenvalue weighted by atomic mass is 35.5. The van der Waals surface area contributed by atoms with E-state index in [0.717, 1.165) is 0 Å².